The molecule has 0 aromatic heterocycles. The summed E-state index contributed by atoms with van der Waals surface area (Å²) in [5.74, 6) is -0.0524. The van der Waals surface area contributed by atoms with E-state index in [0.29, 0.717) is 22.2 Å². The van der Waals surface area contributed by atoms with Gasteiger partial charge in [-0.1, -0.05) is 29.8 Å². The van der Waals surface area contributed by atoms with Crippen LogP contribution in [0.4, 0.5) is 5.69 Å². The van der Waals surface area contributed by atoms with Gasteiger partial charge in [-0.05, 0) is 18.2 Å². The lowest BCUT2D eigenvalue weighted by molar-refractivity contribution is -0.117. The maximum absolute atomic E-state index is 11.3. The van der Waals surface area contributed by atoms with Crippen LogP contribution in [0.25, 0.3) is 0 Å². The molecule has 1 aliphatic rings. The van der Waals surface area contributed by atoms with Gasteiger partial charge in [-0.2, -0.15) is 0 Å². The van der Waals surface area contributed by atoms with Crippen molar-refractivity contribution in [3.63, 3.8) is 0 Å². The number of anilines is 1. The van der Waals surface area contributed by atoms with Crippen molar-refractivity contribution in [3.8, 4) is 0 Å². The second kappa shape index (κ2) is 3.30. The molecule has 0 aliphatic carbocycles. The highest BCUT2D eigenvalue weighted by atomic mass is 35.5. The predicted octanol–water partition coefficient (Wildman–Crippen LogP) is 2.90. The van der Waals surface area contributed by atoms with Crippen LogP contribution >= 0.6 is 23.2 Å². The number of carbonyl (C=O) groups excluding carboxylic acids is 1. The molecule has 72 valence electrons. The standard InChI is InChI=1S/C10H7Cl2NO/c1-6-5-13(10(6)14)7-2-3-8(11)9(12)4-7/h2-4H,1,5H2. The Morgan fingerprint density at radius 1 is 1.29 bits per heavy atom. The first-order valence-corrected chi connectivity index (χ1v) is 4.80. The van der Waals surface area contributed by atoms with Crippen LogP contribution in [-0.2, 0) is 4.79 Å². The van der Waals surface area contributed by atoms with Crippen molar-refractivity contribution in [1.82, 2.24) is 0 Å². The maximum atomic E-state index is 11.3. The summed E-state index contributed by atoms with van der Waals surface area (Å²) in [7, 11) is 0. The molecule has 0 saturated carbocycles. The average molecular weight is 228 g/mol. The Balaban J connectivity index is 2.30. The van der Waals surface area contributed by atoms with Crippen molar-refractivity contribution in [2.45, 2.75) is 0 Å². The number of hydrogen-bond acceptors (Lipinski definition) is 1. The van der Waals surface area contributed by atoms with E-state index >= 15 is 0 Å². The predicted molar refractivity (Wildman–Crippen MR) is 58.0 cm³/mol. The third-order valence-electron chi connectivity index (χ3n) is 2.11. The van der Waals surface area contributed by atoms with Gasteiger partial charge in [0.1, 0.15) is 0 Å². The largest absolute Gasteiger partial charge is 0.304 e. The molecule has 0 unspecified atom stereocenters. The van der Waals surface area contributed by atoms with E-state index in [1.807, 2.05) is 0 Å². The number of carbonyl (C=O) groups is 1. The topological polar surface area (TPSA) is 20.3 Å². The van der Waals surface area contributed by atoms with Crippen molar-refractivity contribution >= 4 is 34.8 Å². The van der Waals surface area contributed by atoms with E-state index < -0.39 is 0 Å². The van der Waals surface area contributed by atoms with Crippen LogP contribution in [0.2, 0.25) is 10.0 Å². The molecule has 0 N–H and O–H groups in total. The molecule has 0 radical (unpaired) electrons. The van der Waals surface area contributed by atoms with Crippen LogP contribution in [0.5, 0.6) is 0 Å². The lowest BCUT2D eigenvalue weighted by Crippen LogP contribution is -2.45. The first-order chi connectivity index (χ1) is 6.59. The summed E-state index contributed by atoms with van der Waals surface area (Å²) in [5, 5.41) is 0.941. The number of hydrogen-bond donors (Lipinski definition) is 0. The van der Waals surface area contributed by atoms with E-state index in [4.69, 9.17) is 23.2 Å². The molecule has 1 amide bonds. The molecular weight excluding hydrogens is 221 g/mol. The Bertz CT molecular complexity index is 428. The molecule has 1 saturated heterocycles. The molecule has 0 atom stereocenters. The molecule has 0 bridgehead atoms. The summed E-state index contributed by atoms with van der Waals surface area (Å²) < 4.78 is 0. The first kappa shape index (κ1) is 9.56. The van der Waals surface area contributed by atoms with E-state index in [9.17, 15) is 4.79 Å². The van der Waals surface area contributed by atoms with E-state index in [0.717, 1.165) is 5.69 Å². The normalized spacial score (nSPS) is 15.7. The highest BCUT2D eigenvalue weighted by Crippen LogP contribution is 2.30. The van der Waals surface area contributed by atoms with E-state index in [1.54, 1.807) is 23.1 Å². The highest BCUT2D eigenvalue weighted by Gasteiger charge is 2.29. The number of rotatable bonds is 1. The SMILES string of the molecule is C=C1CN(c2ccc(Cl)c(Cl)c2)C1=O. The Labute approximate surface area is 91.7 Å². The summed E-state index contributed by atoms with van der Waals surface area (Å²) in [6, 6.07) is 5.11. The van der Waals surface area contributed by atoms with Gasteiger partial charge in [0.05, 0.1) is 16.6 Å². The van der Waals surface area contributed by atoms with E-state index in [-0.39, 0.29) is 5.91 Å². The molecule has 2 nitrogen and oxygen atoms in total. The molecule has 2 rings (SSSR count). The Kier molecular flexibility index (Phi) is 2.25. The highest BCUT2D eigenvalue weighted by molar-refractivity contribution is 6.42. The average Bonchev–Trinajstić information content (AvgIpc) is 2.18. The zero-order chi connectivity index (χ0) is 10.3. The van der Waals surface area contributed by atoms with Gasteiger partial charge in [0.2, 0.25) is 0 Å². The fraction of sp³-hybridized carbons (Fsp3) is 0.100. The van der Waals surface area contributed by atoms with Gasteiger partial charge in [-0.15, -0.1) is 0 Å². The summed E-state index contributed by atoms with van der Waals surface area (Å²) in [5.41, 5.74) is 1.38. The van der Waals surface area contributed by atoms with Crippen molar-refractivity contribution in [1.29, 1.82) is 0 Å². The summed E-state index contributed by atoms with van der Waals surface area (Å²) in [6.45, 7) is 4.17. The van der Waals surface area contributed by atoms with Gasteiger partial charge in [0.15, 0.2) is 0 Å². The minimum atomic E-state index is -0.0524. The Hall–Kier alpha value is -0.990. The lowest BCUT2D eigenvalue weighted by Gasteiger charge is -2.32. The monoisotopic (exact) mass is 227 g/mol. The number of benzene rings is 1. The van der Waals surface area contributed by atoms with Crippen LogP contribution in [0, 0.1) is 0 Å². The number of halogens is 2. The van der Waals surface area contributed by atoms with Crippen LogP contribution in [0.15, 0.2) is 30.4 Å². The second-order valence-electron chi connectivity index (χ2n) is 3.09. The Morgan fingerprint density at radius 3 is 2.50 bits per heavy atom. The van der Waals surface area contributed by atoms with E-state index in [1.165, 1.54) is 0 Å². The zero-order valence-corrected chi connectivity index (χ0v) is 8.77. The molecule has 14 heavy (non-hydrogen) atoms. The summed E-state index contributed by atoms with van der Waals surface area (Å²) in [6.07, 6.45) is 0. The summed E-state index contributed by atoms with van der Waals surface area (Å²) in [4.78, 5) is 12.9. The number of amides is 1. The summed E-state index contributed by atoms with van der Waals surface area (Å²) >= 11 is 11.6. The maximum Gasteiger partial charge on any atom is 0.255 e. The van der Waals surface area contributed by atoms with Gasteiger partial charge in [-0.25, -0.2) is 0 Å². The van der Waals surface area contributed by atoms with Crippen LogP contribution in [0.3, 0.4) is 0 Å². The van der Waals surface area contributed by atoms with Crippen molar-refractivity contribution in [3.05, 3.63) is 40.4 Å². The van der Waals surface area contributed by atoms with Gasteiger partial charge < -0.3 is 4.90 Å². The van der Waals surface area contributed by atoms with Crippen LogP contribution < -0.4 is 4.90 Å². The molecule has 1 aromatic rings. The lowest BCUT2D eigenvalue weighted by atomic mass is 10.1. The minimum absolute atomic E-state index is 0.0524. The number of nitrogens with zero attached hydrogens (tertiary/aromatic N) is 1. The van der Waals surface area contributed by atoms with Crippen molar-refractivity contribution in [2.24, 2.45) is 0 Å². The van der Waals surface area contributed by atoms with Crippen molar-refractivity contribution < 1.29 is 4.79 Å². The van der Waals surface area contributed by atoms with E-state index in [2.05, 4.69) is 6.58 Å². The molecule has 1 aromatic carbocycles. The first-order valence-electron chi connectivity index (χ1n) is 4.04. The quantitative estimate of drug-likeness (QED) is 0.534. The number of β-lactam (4-membered cyclic amide) rings is 1. The van der Waals surface area contributed by atoms with Gasteiger partial charge in [0, 0.05) is 11.3 Å². The third kappa shape index (κ3) is 1.41. The third-order valence-corrected chi connectivity index (χ3v) is 2.85. The fourth-order valence-electron chi connectivity index (χ4n) is 1.29. The van der Waals surface area contributed by atoms with Gasteiger partial charge >= 0.3 is 0 Å². The van der Waals surface area contributed by atoms with Crippen molar-refractivity contribution in [2.75, 3.05) is 11.4 Å². The molecular formula is C10H7Cl2NO. The fourth-order valence-corrected chi connectivity index (χ4v) is 1.58. The molecule has 1 heterocycles. The minimum Gasteiger partial charge on any atom is -0.304 e. The molecule has 1 fully saturated rings. The zero-order valence-electron chi connectivity index (χ0n) is 7.26. The molecule has 0 spiro atoms. The van der Waals surface area contributed by atoms with Gasteiger partial charge in [-0.3, -0.25) is 4.79 Å². The van der Waals surface area contributed by atoms with Gasteiger partial charge in [0.25, 0.3) is 5.91 Å². The molecule has 1 aliphatic heterocycles. The van der Waals surface area contributed by atoms with Crippen LogP contribution in [-0.4, -0.2) is 12.5 Å². The Morgan fingerprint density at radius 2 is 2.00 bits per heavy atom. The van der Waals surface area contributed by atoms with Crippen LogP contribution in [0.1, 0.15) is 0 Å². The smallest absolute Gasteiger partial charge is 0.255 e. The second-order valence-corrected chi connectivity index (χ2v) is 3.91. The molecule has 4 heteroatoms.